The van der Waals surface area contributed by atoms with Crippen molar-refractivity contribution < 1.29 is 58.6 Å². The number of amides is 1. The van der Waals surface area contributed by atoms with Crippen molar-refractivity contribution in [1.82, 2.24) is 15.2 Å². The van der Waals surface area contributed by atoms with Crippen LogP contribution in [0.3, 0.4) is 0 Å². The zero-order valence-electron chi connectivity index (χ0n) is 23.3. The molecule has 2 heterocycles. The van der Waals surface area contributed by atoms with Crippen molar-refractivity contribution in [2.24, 2.45) is 5.73 Å². The highest BCUT2D eigenvalue weighted by molar-refractivity contribution is 7.90. The highest BCUT2D eigenvalue weighted by atomic mass is 32.2. The maximum absolute atomic E-state index is 14.9. The number of alkyl halides is 6. The van der Waals surface area contributed by atoms with Crippen LogP contribution in [0.1, 0.15) is 56.0 Å². The molecule has 11 nitrogen and oxygen atoms in total. The van der Waals surface area contributed by atoms with E-state index in [1.54, 1.807) is 18.2 Å². The van der Waals surface area contributed by atoms with Gasteiger partial charge in [-0.1, -0.05) is 43.2 Å². The highest BCUT2D eigenvalue weighted by Gasteiger charge is 2.61. The van der Waals surface area contributed by atoms with Gasteiger partial charge in [-0.15, -0.1) is 10.2 Å². The number of hydrogen-bond donors (Lipinski definition) is 2. The molecule has 1 aromatic carbocycles. The molecule has 18 heteroatoms. The van der Waals surface area contributed by atoms with Gasteiger partial charge in [0.1, 0.15) is 0 Å². The molecule has 0 aliphatic rings. The normalized spacial score (nSPS) is 14.7. The van der Waals surface area contributed by atoms with Crippen molar-refractivity contribution in [2.45, 2.75) is 74.7 Å². The summed E-state index contributed by atoms with van der Waals surface area (Å²) in [6.07, 6.45) is -12.3. The molecular weight excluding hydrogens is 626 g/mol. The number of carbonyl (C=O) groups excluding carboxylic acids is 1. The van der Waals surface area contributed by atoms with Crippen molar-refractivity contribution in [2.75, 3.05) is 6.26 Å². The molecule has 2 aromatic heterocycles. The minimum atomic E-state index is -5.32. The molecule has 2 atom stereocenters. The Labute approximate surface area is 247 Å². The Bertz CT molecular complexity index is 1550. The van der Waals surface area contributed by atoms with E-state index in [-0.39, 0.29) is 18.9 Å². The van der Waals surface area contributed by atoms with Crippen LogP contribution in [-0.4, -0.2) is 53.3 Å². The van der Waals surface area contributed by atoms with Gasteiger partial charge in [0.15, 0.2) is 26.3 Å². The van der Waals surface area contributed by atoms with Crippen molar-refractivity contribution in [3.05, 3.63) is 53.4 Å². The smallest absolute Gasteiger partial charge is 0.416 e. The summed E-state index contributed by atoms with van der Waals surface area (Å²) in [5.41, 5.74) is -0.779. The van der Waals surface area contributed by atoms with Gasteiger partial charge >= 0.3 is 18.4 Å². The molecule has 3 N–H and O–H groups in total. The van der Waals surface area contributed by atoms with E-state index in [1.807, 2.05) is 0 Å². The minimum Gasteiger partial charge on any atom is -0.416 e. The first-order valence-electron chi connectivity index (χ1n) is 12.9. The number of hydrogen-bond acceptors (Lipinski definition) is 10. The van der Waals surface area contributed by atoms with Gasteiger partial charge in [0.25, 0.3) is 11.8 Å². The second kappa shape index (κ2) is 13.5. The Morgan fingerprint density at radius 1 is 1.07 bits per heavy atom. The van der Waals surface area contributed by atoms with E-state index < -0.39 is 86.8 Å². The third-order valence-corrected chi connectivity index (χ3v) is 7.24. The van der Waals surface area contributed by atoms with Crippen LogP contribution in [-0.2, 0) is 33.0 Å². The van der Waals surface area contributed by atoms with Crippen LogP contribution in [0.25, 0.3) is 11.6 Å². The van der Waals surface area contributed by atoms with Crippen LogP contribution in [0.5, 0.6) is 5.75 Å². The first-order chi connectivity index (χ1) is 20.3. The number of sulfone groups is 1. The molecule has 0 fully saturated rings. The Kier molecular flexibility index (Phi) is 10.6. The fourth-order valence-corrected chi connectivity index (χ4v) is 4.97. The lowest BCUT2D eigenvalue weighted by Crippen LogP contribution is -2.45. The van der Waals surface area contributed by atoms with Gasteiger partial charge in [0.05, 0.1) is 18.3 Å². The average molecular weight is 655 g/mol. The summed E-state index contributed by atoms with van der Waals surface area (Å²) < 4.78 is 125. The number of primary amides is 1. The summed E-state index contributed by atoms with van der Waals surface area (Å²) in [6.45, 7) is 0.960. The Morgan fingerprint density at radius 2 is 1.73 bits per heavy atom. The number of rotatable bonds is 13. The van der Waals surface area contributed by atoms with Crippen LogP contribution in [0.15, 0.2) is 45.8 Å². The molecule has 0 radical (unpaired) electrons. The predicted molar refractivity (Wildman–Crippen MR) is 140 cm³/mol. The summed E-state index contributed by atoms with van der Waals surface area (Å²) in [6, 6.07) is 7.89. The lowest BCUT2D eigenvalue weighted by atomic mass is 9.94. The van der Waals surface area contributed by atoms with Gasteiger partial charge in [-0.05, 0) is 37.8 Å². The Morgan fingerprint density at radius 3 is 2.27 bits per heavy atom. The predicted octanol–water partition coefficient (Wildman–Crippen LogP) is 5.32. The number of halogens is 6. The van der Waals surface area contributed by atoms with Gasteiger partial charge < -0.3 is 24.7 Å². The number of pyridine rings is 1. The number of aliphatic hydroxyl groups excluding tert-OH is 1. The molecule has 3 rings (SSSR count). The van der Waals surface area contributed by atoms with E-state index in [9.17, 15) is 44.7 Å². The number of aromatic nitrogens is 3. The quantitative estimate of drug-likeness (QED) is 0.182. The third kappa shape index (κ3) is 8.44. The van der Waals surface area contributed by atoms with E-state index >= 15 is 0 Å². The molecule has 3 aromatic rings. The first-order valence-corrected chi connectivity index (χ1v) is 14.8. The topological polar surface area (TPSA) is 168 Å². The van der Waals surface area contributed by atoms with Crippen LogP contribution in [0.4, 0.5) is 31.1 Å². The van der Waals surface area contributed by atoms with Crippen molar-refractivity contribution in [3.8, 4) is 17.3 Å². The van der Waals surface area contributed by atoms with Crippen LogP contribution < -0.4 is 10.5 Å². The monoisotopic (exact) mass is 654 g/mol. The lowest BCUT2D eigenvalue weighted by Gasteiger charge is -2.32. The number of nitrogens with zero attached hydrogens (tertiary/aromatic N) is 3. The zero-order chi connectivity index (χ0) is 32.9. The molecule has 1 amide bonds. The number of ether oxygens (including phenoxy) is 2. The summed E-state index contributed by atoms with van der Waals surface area (Å²) in [7, 11) is -4.72. The molecule has 0 unspecified atom stereocenters. The number of aliphatic hydroxyl groups is 1. The van der Waals surface area contributed by atoms with E-state index in [0.717, 1.165) is 0 Å². The molecule has 44 heavy (non-hydrogen) atoms. The standard InChI is InChI=1S/C26H28F6N4O7S/c1-15(37)9-5-4-8-12-24(26(30,31)32,41-14-16-10-6-3-7-11-16)22-36-35-20(43-22)19-18(42-23(33)38)13-17(25(27,28)29)21(34-19)44(2,39)40/h3,6-7,10-11,13,15,37H,4-5,8-9,12,14H2,1-2H3,(H2,33,38)/t15-,24-/m1/s1. The van der Waals surface area contributed by atoms with Gasteiger partial charge in [0.2, 0.25) is 5.60 Å². The molecule has 0 aliphatic carbocycles. The molecular formula is C26H28F6N4O7S. The van der Waals surface area contributed by atoms with Crippen molar-refractivity contribution in [3.63, 3.8) is 0 Å². The maximum Gasteiger partial charge on any atom is 0.426 e. The van der Waals surface area contributed by atoms with E-state index in [4.69, 9.17) is 14.9 Å². The summed E-state index contributed by atoms with van der Waals surface area (Å²) >= 11 is 0. The zero-order valence-corrected chi connectivity index (χ0v) is 24.1. The van der Waals surface area contributed by atoms with Crippen LogP contribution in [0.2, 0.25) is 0 Å². The Balaban J connectivity index is 2.17. The number of unbranched alkanes of at least 4 members (excludes halogenated alkanes) is 2. The highest BCUT2D eigenvalue weighted by Crippen LogP contribution is 2.47. The van der Waals surface area contributed by atoms with Gasteiger partial charge in [-0.2, -0.15) is 26.3 Å². The fraction of sp³-hybridized carbons (Fsp3) is 0.462. The molecule has 0 bridgehead atoms. The van der Waals surface area contributed by atoms with Crippen LogP contribution in [0, 0.1) is 0 Å². The molecule has 0 saturated carbocycles. The van der Waals surface area contributed by atoms with Gasteiger partial charge in [0, 0.05) is 6.26 Å². The van der Waals surface area contributed by atoms with Crippen molar-refractivity contribution >= 4 is 15.9 Å². The summed E-state index contributed by atoms with van der Waals surface area (Å²) in [4.78, 5) is 14.9. The fourth-order valence-electron chi connectivity index (χ4n) is 4.14. The SMILES string of the molecule is C[C@@H](O)CCCCC[C@@](OCc1ccccc1)(c1nnc(-c2nc(S(C)(=O)=O)c(C(F)(F)F)cc2OC(N)=O)o1)C(F)(F)F. The van der Waals surface area contributed by atoms with Gasteiger partial charge in [-0.3, -0.25) is 0 Å². The largest absolute Gasteiger partial charge is 0.426 e. The van der Waals surface area contributed by atoms with E-state index in [2.05, 4.69) is 19.9 Å². The van der Waals surface area contributed by atoms with Crippen molar-refractivity contribution in [1.29, 1.82) is 0 Å². The number of nitrogens with two attached hydrogens (primary N) is 1. The molecule has 242 valence electrons. The summed E-state index contributed by atoms with van der Waals surface area (Å²) in [5.74, 6) is -3.28. The minimum absolute atomic E-state index is 0.0818. The van der Waals surface area contributed by atoms with E-state index in [1.165, 1.54) is 19.1 Å². The first kappa shape index (κ1) is 34.7. The molecule has 0 aliphatic heterocycles. The van der Waals surface area contributed by atoms with E-state index in [0.29, 0.717) is 24.7 Å². The third-order valence-electron chi connectivity index (χ3n) is 6.23. The molecule has 0 spiro atoms. The average Bonchev–Trinajstić information content (AvgIpc) is 3.38. The van der Waals surface area contributed by atoms with Gasteiger partial charge in [-0.25, -0.2) is 18.2 Å². The second-order valence-corrected chi connectivity index (χ2v) is 11.8. The number of carbonyl (C=O) groups is 1. The van der Waals surface area contributed by atoms with Crippen LogP contribution >= 0.6 is 0 Å². The maximum atomic E-state index is 14.9. The lowest BCUT2D eigenvalue weighted by molar-refractivity contribution is -0.300. The summed E-state index contributed by atoms with van der Waals surface area (Å²) in [5, 5.41) is 14.9. The second-order valence-electron chi connectivity index (χ2n) is 9.84. The molecule has 0 saturated heterocycles. The number of benzene rings is 1. The Hall–Kier alpha value is -3.77.